The second-order valence-electron chi connectivity index (χ2n) is 5.67. The Morgan fingerprint density at radius 1 is 1.04 bits per heavy atom. The summed E-state index contributed by atoms with van der Waals surface area (Å²) in [5.41, 5.74) is 3.54. The lowest BCUT2D eigenvalue weighted by molar-refractivity contribution is -0.119. The van der Waals surface area contributed by atoms with Gasteiger partial charge in [-0.1, -0.05) is 30.3 Å². The van der Waals surface area contributed by atoms with Crippen LogP contribution >= 0.6 is 31.9 Å². The first-order chi connectivity index (χ1) is 13.0. The Hall–Kier alpha value is -2.58. The lowest BCUT2D eigenvalue weighted by atomic mass is 10.1. The zero-order valence-electron chi connectivity index (χ0n) is 13.9. The van der Waals surface area contributed by atoms with Crippen LogP contribution in [0.5, 0.6) is 11.5 Å². The third-order valence-electron chi connectivity index (χ3n) is 3.79. The summed E-state index contributed by atoms with van der Waals surface area (Å²) >= 11 is 6.25. The predicted octanol–water partition coefficient (Wildman–Crippen LogP) is 4.34. The molecule has 8 heteroatoms. The van der Waals surface area contributed by atoms with Gasteiger partial charge in [-0.3, -0.25) is 4.79 Å². The molecule has 0 unspecified atom stereocenters. The Morgan fingerprint density at radius 3 is 2.56 bits per heavy atom. The van der Waals surface area contributed by atoms with Crippen molar-refractivity contribution in [3.05, 3.63) is 63.0 Å². The van der Waals surface area contributed by atoms with E-state index >= 15 is 0 Å². The second kappa shape index (κ2) is 8.41. The van der Waals surface area contributed by atoms with Crippen molar-refractivity contribution in [3.63, 3.8) is 0 Å². The van der Waals surface area contributed by atoms with Crippen LogP contribution in [-0.2, 0) is 4.79 Å². The Morgan fingerprint density at radius 2 is 1.78 bits per heavy atom. The molecule has 4 N–H and O–H groups in total. The molecule has 0 aliphatic rings. The van der Waals surface area contributed by atoms with Gasteiger partial charge in [0.05, 0.1) is 17.2 Å². The highest BCUT2D eigenvalue weighted by Crippen LogP contribution is 2.40. The smallest absolute Gasteiger partial charge is 0.259 e. The van der Waals surface area contributed by atoms with Crippen molar-refractivity contribution in [1.29, 1.82) is 0 Å². The van der Waals surface area contributed by atoms with Gasteiger partial charge in [-0.25, -0.2) is 5.43 Å². The van der Waals surface area contributed by atoms with E-state index in [1.54, 1.807) is 0 Å². The average Bonchev–Trinajstić information content (AvgIpc) is 2.68. The first-order valence-electron chi connectivity index (χ1n) is 7.90. The first kappa shape index (κ1) is 19.2. The quantitative estimate of drug-likeness (QED) is 0.315. The fourth-order valence-corrected chi connectivity index (χ4v) is 3.56. The molecular weight excluding hydrogens is 478 g/mol. The van der Waals surface area contributed by atoms with Gasteiger partial charge >= 0.3 is 0 Å². The molecule has 0 radical (unpaired) electrons. The van der Waals surface area contributed by atoms with Crippen LogP contribution in [0.1, 0.15) is 5.56 Å². The number of anilines is 1. The number of nitrogens with one attached hydrogen (secondary N) is 2. The third-order valence-corrected chi connectivity index (χ3v) is 5.15. The van der Waals surface area contributed by atoms with Crippen molar-refractivity contribution < 1.29 is 15.0 Å². The van der Waals surface area contributed by atoms with Gasteiger partial charge in [0.15, 0.2) is 0 Å². The topological polar surface area (TPSA) is 94.0 Å². The maximum atomic E-state index is 11.9. The summed E-state index contributed by atoms with van der Waals surface area (Å²) in [6, 6.07) is 15.3. The molecule has 0 saturated heterocycles. The van der Waals surface area contributed by atoms with Crippen LogP contribution in [0.2, 0.25) is 0 Å². The molecule has 0 heterocycles. The summed E-state index contributed by atoms with van der Waals surface area (Å²) in [5.74, 6) is -0.632. The molecule has 0 fully saturated rings. The molecule has 6 nitrogen and oxygen atoms in total. The zero-order chi connectivity index (χ0) is 19.4. The maximum Gasteiger partial charge on any atom is 0.259 e. The van der Waals surface area contributed by atoms with E-state index in [1.165, 1.54) is 12.3 Å². The molecule has 3 aromatic carbocycles. The molecule has 3 aromatic rings. The van der Waals surface area contributed by atoms with Crippen LogP contribution in [0.25, 0.3) is 10.8 Å². The number of phenols is 2. The van der Waals surface area contributed by atoms with Gasteiger partial charge in [0.25, 0.3) is 5.91 Å². The van der Waals surface area contributed by atoms with Crippen molar-refractivity contribution in [3.8, 4) is 11.5 Å². The Balaban J connectivity index is 1.59. The van der Waals surface area contributed by atoms with Gasteiger partial charge < -0.3 is 15.5 Å². The number of hydrogen-bond donors (Lipinski definition) is 4. The number of amides is 1. The van der Waals surface area contributed by atoms with Crippen LogP contribution in [-0.4, -0.2) is 28.9 Å². The number of nitrogens with zero attached hydrogens (tertiary/aromatic N) is 1. The van der Waals surface area contributed by atoms with Crippen molar-refractivity contribution in [2.45, 2.75) is 0 Å². The van der Waals surface area contributed by atoms with Gasteiger partial charge in [-0.2, -0.15) is 5.10 Å². The molecule has 0 aliphatic carbocycles. The predicted molar refractivity (Wildman–Crippen MR) is 113 cm³/mol. The number of carbonyl (C=O) groups is 1. The number of rotatable bonds is 5. The van der Waals surface area contributed by atoms with Gasteiger partial charge in [-0.15, -0.1) is 0 Å². The SMILES string of the molecule is O=C(CNc1ccc2ccccc2c1)NN=Cc1cc(Br)c(O)c(Br)c1O. The number of phenolic OH excluding ortho intramolecular Hbond substituents is 2. The molecule has 1 amide bonds. The maximum absolute atomic E-state index is 11.9. The molecule has 0 aromatic heterocycles. The standard InChI is InChI=1S/C19H15Br2N3O3/c20-15-8-13(18(26)17(21)19(15)27)9-23-24-16(25)10-22-14-6-5-11-3-1-2-4-12(11)7-14/h1-9,22,26-27H,10H2,(H,24,25). The molecule has 138 valence electrons. The second-order valence-corrected chi connectivity index (χ2v) is 7.31. The first-order valence-corrected chi connectivity index (χ1v) is 9.49. The number of hydrazone groups is 1. The van der Waals surface area contributed by atoms with Gasteiger partial charge in [0, 0.05) is 11.3 Å². The highest BCUT2D eigenvalue weighted by molar-refractivity contribution is 9.11. The minimum Gasteiger partial charge on any atom is -0.506 e. The molecule has 3 rings (SSSR count). The number of hydrogen-bond acceptors (Lipinski definition) is 5. The molecular formula is C19H15Br2N3O3. The minimum atomic E-state index is -0.337. The summed E-state index contributed by atoms with van der Waals surface area (Å²) in [6.45, 7) is 0.0463. The Labute approximate surface area is 172 Å². The van der Waals surface area contributed by atoms with Crippen molar-refractivity contribution in [2.24, 2.45) is 5.10 Å². The molecule has 0 saturated carbocycles. The minimum absolute atomic E-state index is 0.0463. The van der Waals surface area contributed by atoms with Crippen LogP contribution in [0.15, 0.2) is 62.6 Å². The highest BCUT2D eigenvalue weighted by atomic mass is 79.9. The zero-order valence-corrected chi connectivity index (χ0v) is 17.1. The summed E-state index contributed by atoms with van der Waals surface area (Å²) in [4.78, 5) is 11.9. The van der Waals surface area contributed by atoms with Crippen LogP contribution in [0, 0.1) is 0 Å². The van der Waals surface area contributed by atoms with E-state index in [-0.39, 0.29) is 28.4 Å². The van der Waals surface area contributed by atoms with Crippen LogP contribution < -0.4 is 10.7 Å². The van der Waals surface area contributed by atoms with Crippen LogP contribution in [0.3, 0.4) is 0 Å². The lowest BCUT2D eigenvalue weighted by Crippen LogP contribution is -2.25. The molecule has 0 atom stereocenters. The molecule has 0 bridgehead atoms. The van der Waals surface area contributed by atoms with E-state index in [9.17, 15) is 15.0 Å². The monoisotopic (exact) mass is 491 g/mol. The Kier molecular flexibility index (Phi) is 5.98. The van der Waals surface area contributed by atoms with Crippen LogP contribution in [0.4, 0.5) is 5.69 Å². The van der Waals surface area contributed by atoms with E-state index in [0.29, 0.717) is 10.0 Å². The van der Waals surface area contributed by atoms with Crippen molar-refractivity contribution >= 4 is 60.4 Å². The van der Waals surface area contributed by atoms with Crippen molar-refractivity contribution in [2.75, 3.05) is 11.9 Å². The summed E-state index contributed by atoms with van der Waals surface area (Å²) < 4.78 is 0.528. The third kappa shape index (κ3) is 4.58. The van der Waals surface area contributed by atoms with E-state index in [0.717, 1.165) is 16.5 Å². The van der Waals surface area contributed by atoms with Gasteiger partial charge in [0.2, 0.25) is 0 Å². The number of aromatic hydroxyl groups is 2. The lowest BCUT2D eigenvalue weighted by Gasteiger charge is -2.07. The Bertz CT molecular complexity index is 1040. The molecule has 27 heavy (non-hydrogen) atoms. The summed E-state index contributed by atoms with van der Waals surface area (Å²) in [6.07, 6.45) is 1.29. The normalized spacial score (nSPS) is 11.0. The highest BCUT2D eigenvalue weighted by Gasteiger charge is 2.12. The molecule has 0 aliphatic heterocycles. The fourth-order valence-electron chi connectivity index (χ4n) is 2.41. The summed E-state index contributed by atoms with van der Waals surface area (Å²) in [5, 5.41) is 28.7. The number of halogens is 2. The van der Waals surface area contributed by atoms with Gasteiger partial charge in [-0.05, 0) is 60.8 Å². The molecule has 0 spiro atoms. The van der Waals surface area contributed by atoms with E-state index in [1.807, 2.05) is 42.5 Å². The fraction of sp³-hybridized carbons (Fsp3) is 0.0526. The summed E-state index contributed by atoms with van der Waals surface area (Å²) in [7, 11) is 0. The average molecular weight is 493 g/mol. The number of benzene rings is 3. The number of carbonyl (C=O) groups excluding carboxylic acids is 1. The van der Waals surface area contributed by atoms with E-state index < -0.39 is 0 Å². The van der Waals surface area contributed by atoms with E-state index in [4.69, 9.17) is 0 Å². The van der Waals surface area contributed by atoms with Gasteiger partial charge in [0.1, 0.15) is 16.0 Å². The largest absolute Gasteiger partial charge is 0.506 e. The van der Waals surface area contributed by atoms with Crippen molar-refractivity contribution in [1.82, 2.24) is 5.43 Å². The van der Waals surface area contributed by atoms with E-state index in [2.05, 4.69) is 47.7 Å². The number of fused-ring (bicyclic) bond motifs is 1.